The van der Waals surface area contributed by atoms with Crippen LogP contribution >= 0.6 is 11.6 Å². The summed E-state index contributed by atoms with van der Waals surface area (Å²) in [7, 11) is 0. The topological polar surface area (TPSA) is 30.2 Å². The van der Waals surface area contributed by atoms with Crippen LogP contribution in [0.2, 0.25) is 5.02 Å². The number of alkyl halides is 3. The first-order valence-corrected chi connectivity index (χ1v) is 6.01. The highest BCUT2D eigenvalue weighted by Crippen LogP contribution is 2.32. The molecule has 0 aliphatic heterocycles. The van der Waals surface area contributed by atoms with E-state index in [2.05, 4.69) is 10.1 Å². The molecule has 0 saturated carbocycles. The molecular formula is C13H7ClF3N3. The summed E-state index contributed by atoms with van der Waals surface area (Å²) >= 11 is 5.77. The predicted molar refractivity (Wildman–Crippen MR) is 68.4 cm³/mol. The zero-order chi connectivity index (χ0) is 14.3. The van der Waals surface area contributed by atoms with Gasteiger partial charge in [0.1, 0.15) is 0 Å². The predicted octanol–water partition coefficient (Wildman–Crippen LogP) is 4.07. The molecule has 0 atom stereocenters. The molecule has 0 aliphatic carbocycles. The Morgan fingerprint density at radius 1 is 1.05 bits per heavy atom. The van der Waals surface area contributed by atoms with Crippen molar-refractivity contribution in [1.82, 2.24) is 14.6 Å². The van der Waals surface area contributed by atoms with Gasteiger partial charge in [0.05, 0.1) is 11.9 Å². The van der Waals surface area contributed by atoms with Crippen LogP contribution in [0.3, 0.4) is 0 Å². The van der Waals surface area contributed by atoms with Crippen molar-refractivity contribution >= 4 is 17.2 Å². The molecule has 3 nitrogen and oxygen atoms in total. The van der Waals surface area contributed by atoms with Gasteiger partial charge in [-0.2, -0.15) is 18.3 Å². The number of rotatable bonds is 1. The fraction of sp³-hybridized carbons (Fsp3) is 0.0769. The Morgan fingerprint density at radius 3 is 2.40 bits per heavy atom. The molecule has 0 radical (unpaired) electrons. The van der Waals surface area contributed by atoms with Gasteiger partial charge in [0.15, 0.2) is 11.3 Å². The highest BCUT2D eigenvalue weighted by Gasteiger charge is 2.35. The van der Waals surface area contributed by atoms with E-state index in [-0.39, 0.29) is 11.3 Å². The lowest BCUT2D eigenvalue weighted by atomic mass is 10.1. The van der Waals surface area contributed by atoms with E-state index in [0.29, 0.717) is 10.6 Å². The molecule has 0 aliphatic rings. The fourth-order valence-corrected chi connectivity index (χ4v) is 2.01. The van der Waals surface area contributed by atoms with Crippen molar-refractivity contribution in [2.45, 2.75) is 6.18 Å². The van der Waals surface area contributed by atoms with E-state index < -0.39 is 11.9 Å². The molecule has 0 unspecified atom stereocenters. The summed E-state index contributed by atoms with van der Waals surface area (Å²) in [6, 6.07) is 8.85. The van der Waals surface area contributed by atoms with Gasteiger partial charge >= 0.3 is 6.18 Å². The minimum absolute atomic E-state index is 0.143. The lowest BCUT2D eigenvalue weighted by Crippen LogP contribution is -2.13. The molecule has 1 aromatic carbocycles. The Labute approximate surface area is 116 Å². The quantitative estimate of drug-likeness (QED) is 0.678. The molecule has 102 valence electrons. The van der Waals surface area contributed by atoms with E-state index >= 15 is 0 Å². The van der Waals surface area contributed by atoms with E-state index in [1.165, 1.54) is 12.3 Å². The van der Waals surface area contributed by atoms with Gasteiger partial charge in [-0.05, 0) is 18.2 Å². The molecule has 20 heavy (non-hydrogen) atoms. The number of hydrogen-bond donors (Lipinski definition) is 0. The summed E-state index contributed by atoms with van der Waals surface area (Å²) in [5, 5.41) is 4.16. The third kappa shape index (κ3) is 2.22. The molecular weight excluding hydrogens is 291 g/mol. The monoisotopic (exact) mass is 297 g/mol. The van der Waals surface area contributed by atoms with Crippen LogP contribution in [0, 0.1) is 0 Å². The standard InChI is InChI=1S/C13H7ClF3N3/c14-9-3-1-8(2-4-9)10-7-11(13(15,16)17)20-12(19-10)5-6-18-20/h1-7H. The van der Waals surface area contributed by atoms with E-state index in [4.69, 9.17) is 11.6 Å². The number of benzene rings is 1. The normalized spacial score (nSPS) is 12.0. The molecule has 3 rings (SSSR count). The average Bonchev–Trinajstić information content (AvgIpc) is 2.85. The number of hydrogen-bond acceptors (Lipinski definition) is 2. The molecule has 2 heterocycles. The first kappa shape index (κ1) is 12.9. The first-order chi connectivity index (χ1) is 9.45. The zero-order valence-electron chi connectivity index (χ0n) is 9.89. The Morgan fingerprint density at radius 2 is 1.75 bits per heavy atom. The minimum Gasteiger partial charge on any atom is -0.229 e. The molecule has 0 bridgehead atoms. The molecule has 0 amide bonds. The van der Waals surface area contributed by atoms with Crippen molar-refractivity contribution < 1.29 is 13.2 Å². The van der Waals surface area contributed by atoms with Gasteiger partial charge in [-0.3, -0.25) is 0 Å². The molecule has 0 N–H and O–H groups in total. The second kappa shape index (κ2) is 4.49. The summed E-state index contributed by atoms with van der Waals surface area (Å²) in [5.74, 6) is 0. The van der Waals surface area contributed by atoms with E-state index in [9.17, 15) is 13.2 Å². The third-order valence-electron chi connectivity index (χ3n) is 2.79. The van der Waals surface area contributed by atoms with E-state index in [1.807, 2.05) is 0 Å². The highest BCUT2D eigenvalue weighted by molar-refractivity contribution is 6.30. The van der Waals surface area contributed by atoms with Crippen molar-refractivity contribution in [3.63, 3.8) is 0 Å². The molecule has 0 spiro atoms. The van der Waals surface area contributed by atoms with Gasteiger partial charge in [0.25, 0.3) is 0 Å². The number of halogens is 4. The van der Waals surface area contributed by atoms with Gasteiger partial charge in [0, 0.05) is 16.7 Å². The van der Waals surface area contributed by atoms with Gasteiger partial charge in [-0.15, -0.1) is 0 Å². The maximum Gasteiger partial charge on any atom is 0.433 e. The lowest BCUT2D eigenvalue weighted by molar-refractivity contribution is -0.142. The van der Waals surface area contributed by atoms with Gasteiger partial charge in [0.2, 0.25) is 0 Å². The molecule has 0 fully saturated rings. The Hall–Kier alpha value is -2.08. The molecule has 0 saturated heterocycles. The molecule has 7 heteroatoms. The second-order valence-corrected chi connectivity index (χ2v) is 4.57. The van der Waals surface area contributed by atoms with Crippen LogP contribution in [-0.4, -0.2) is 14.6 Å². The maximum absolute atomic E-state index is 13.0. The van der Waals surface area contributed by atoms with Crippen LogP contribution in [0.25, 0.3) is 16.9 Å². The van der Waals surface area contributed by atoms with Crippen LogP contribution in [0.5, 0.6) is 0 Å². The van der Waals surface area contributed by atoms with E-state index in [0.717, 1.165) is 10.6 Å². The van der Waals surface area contributed by atoms with Gasteiger partial charge in [-0.25, -0.2) is 9.50 Å². The summed E-state index contributed by atoms with van der Waals surface area (Å²) < 4.78 is 39.9. The van der Waals surface area contributed by atoms with Crippen LogP contribution < -0.4 is 0 Å². The number of fused-ring (bicyclic) bond motifs is 1. The third-order valence-corrected chi connectivity index (χ3v) is 3.04. The fourth-order valence-electron chi connectivity index (χ4n) is 1.88. The van der Waals surface area contributed by atoms with Crippen LogP contribution in [0.15, 0.2) is 42.6 Å². The second-order valence-electron chi connectivity index (χ2n) is 4.13. The zero-order valence-corrected chi connectivity index (χ0v) is 10.7. The highest BCUT2D eigenvalue weighted by atomic mass is 35.5. The summed E-state index contributed by atoms with van der Waals surface area (Å²) in [5.41, 5.74) is 0.0628. The van der Waals surface area contributed by atoms with Crippen molar-refractivity contribution in [3.8, 4) is 11.3 Å². The smallest absolute Gasteiger partial charge is 0.229 e. The largest absolute Gasteiger partial charge is 0.433 e. The average molecular weight is 298 g/mol. The van der Waals surface area contributed by atoms with Crippen LogP contribution in [0.1, 0.15) is 5.69 Å². The Kier molecular flexibility index (Phi) is 2.90. The van der Waals surface area contributed by atoms with Crippen LogP contribution in [0.4, 0.5) is 13.2 Å². The maximum atomic E-state index is 13.0. The lowest BCUT2D eigenvalue weighted by Gasteiger charge is -2.11. The number of nitrogens with zero attached hydrogens (tertiary/aromatic N) is 3. The first-order valence-electron chi connectivity index (χ1n) is 5.63. The van der Waals surface area contributed by atoms with Crippen molar-refractivity contribution in [2.75, 3.05) is 0 Å². The van der Waals surface area contributed by atoms with Gasteiger partial charge in [-0.1, -0.05) is 23.7 Å². The van der Waals surface area contributed by atoms with E-state index in [1.54, 1.807) is 24.3 Å². The van der Waals surface area contributed by atoms with Crippen molar-refractivity contribution in [3.05, 3.63) is 53.3 Å². The summed E-state index contributed by atoms with van der Waals surface area (Å²) in [6.07, 6.45) is -3.22. The molecule has 3 aromatic rings. The van der Waals surface area contributed by atoms with Gasteiger partial charge < -0.3 is 0 Å². The SMILES string of the molecule is FC(F)(F)c1cc(-c2ccc(Cl)cc2)nc2ccnn12. The Balaban J connectivity index is 2.24. The number of aromatic nitrogens is 3. The minimum atomic E-state index is -4.51. The summed E-state index contributed by atoms with van der Waals surface area (Å²) in [6.45, 7) is 0. The summed E-state index contributed by atoms with van der Waals surface area (Å²) in [4.78, 5) is 4.17. The van der Waals surface area contributed by atoms with Crippen molar-refractivity contribution in [1.29, 1.82) is 0 Å². The molecule has 2 aromatic heterocycles. The van der Waals surface area contributed by atoms with Crippen molar-refractivity contribution in [2.24, 2.45) is 0 Å². The van der Waals surface area contributed by atoms with Crippen LogP contribution in [-0.2, 0) is 6.18 Å². The Bertz CT molecular complexity index is 763.